The van der Waals surface area contributed by atoms with Gasteiger partial charge in [-0.15, -0.1) is 0 Å². The van der Waals surface area contributed by atoms with E-state index in [0.717, 1.165) is 25.3 Å². The van der Waals surface area contributed by atoms with Crippen LogP contribution in [-0.4, -0.2) is 41.9 Å². The fourth-order valence-electron chi connectivity index (χ4n) is 2.33. The molecule has 0 amide bonds. The minimum absolute atomic E-state index is 0.0979. The van der Waals surface area contributed by atoms with Gasteiger partial charge in [-0.2, -0.15) is 0 Å². The number of rotatable bonds is 2. The summed E-state index contributed by atoms with van der Waals surface area (Å²) in [6.07, 6.45) is 0.284. The molecular weight excluding hydrogens is 238 g/mol. The van der Waals surface area contributed by atoms with Crippen molar-refractivity contribution in [2.24, 2.45) is 0 Å². The van der Waals surface area contributed by atoms with Crippen molar-refractivity contribution >= 4 is 0 Å². The molecule has 19 heavy (non-hydrogen) atoms. The first-order valence-corrected chi connectivity index (χ1v) is 6.74. The highest BCUT2D eigenvalue weighted by Crippen LogP contribution is 2.17. The third kappa shape index (κ3) is 3.81. The fraction of sp³-hybridized carbons (Fsp3) is 0.500. The lowest BCUT2D eigenvalue weighted by atomic mass is 10.1. The van der Waals surface area contributed by atoms with Crippen molar-refractivity contribution in [2.45, 2.75) is 32.5 Å². The summed E-state index contributed by atoms with van der Waals surface area (Å²) in [4.78, 5) is 2.42. The van der Waals surface area contributed by atoms with E-state index in [1.807, 2.05) is 18.2 Å². The molecule has 0 aromatic heterocycles. The van der Waals surface area contributed by atoms with Crippen molar-refractivity contribution in [3.8, 4) is 11.8 Å². The average Bonchev–Trinajstić information content (AvgIpc) is 2.42. The molecular formula is C16H21NO2. The van der Waals surface area contributed by atoms with E-state index in [1.165, 1.54) is 5.56 Å². The summed E-state index contributed by atoms with van der Waals surface area (Å²) in [5.74, 6) is 5.75. The van der Waals surface area contributed by atoms with Crippen LogP contribution in [0.4, 0.5) is 0 Å². The number of hydrogen-bond donors (Lipinski definition) is 1. The maximum Gasteiger partial charge on any atom is 0.104 e. The zero-order chi connectivity index (χ0) is 13.7. The second-order valence-corrected chi connectivity index (χ2v) is 5.04. The molecule has 1 N–H and O–H groups in total. The van der Waals surface area contributed by atoms with Gasteiger partial charge in [-0.3, -0.25) is 4.90 Å². The van der Waals surface area contributed by atoms with Gasteiger partial charge in [0, 0.05) is 24.7 Å². The summed E-state index contributed by atoms with van der Waals surface area (Å²) < 4.78 is 5.65. The highest BCUT2D eigenvalue weighted by atomic mass is 16.5. The summed E-state index contributed by atoms with van der Waals surface area (Å²) in [5, 5.41) is 8.82. The maximum atomic E-state index is 8.82. The monoisotopic (exact) mass is 259 g/mol. The van der Waals surface area contributed by atoms with Crippen LogP contribution in [0.25, 0.3) is 0 Å². The van der Waals surface area contributed by atoms with E-state index in [-0.39, 0.29) is 12.7 Å². The molecule has 2 atom stereocenters. The molecule has 1 aromatic rings. The van der Waals surface area contributed by atoms with Gasteiger partial charge in [0.25, 0.3) is 0 Å². The Kier molecular flexibility index (Phi) is 4.98. The Hall–Kier alpha value is -1.34. The number of benzene rings is 1. The van der Waals surface area contributed by atoms with Gasteiger partial charge in [-0.05, 0) is 25.5 Å². The number of aliphatic hydroxyl groups is 1. The molecule has 1 heterocycles. The van der Waals surface area contributed by atoms with Crippen molar-refractivity contribution in [3.05, 3.63) is 35.4 Å². The molecule has 1 saturated heterocycles. The predicted octanol–water partition coefficient (Wildman–Crippen LogP) is 1.64. The SMILES string of the molecule is CC1CN(Cc2ccccc2C#CCO)C(C)CO1. The van der Waals surface area contributed by atoms with Crippen LogP contribution in [0.2, 0.25) is 0 Å². The number of aliphatic hydroxyl groups excluding tert-OH is 1. The Morgan fingerprint density at radius 1 is 1.37 bits per heavy atom. The van der Waals surface area contributed by atoms with Crippen LogP contribution in [0.5, 0.6) is 0 Å². The van der Waals surface area contributed by atoms with Gasteiger partial charge >= 0.3 is 0 Å². The van der Waals surface area contributed by atoms with Crippen LogP contribution in [0.15, 0.2) is 24.3 Å². The van der Waals surface area contributed by atoms with Crippen LogP contribution < -0.4 is 0 Å². The van der Waals surface area contributed by atoms with E-state index in [2.05, 4.69) is 36.7 Å². The van der Waals surface area contributed by atoms with Gasteiger partial charge in [-0.1, -0.05) is 30.0 Å². The minimum Gasteiger partial charge on any atom is -0.384 e. The van der Waals surface area contributed by atoms with E-state index in [1.54, 1.807) is 0 Å². The molecule has 1 aliphatic rings. The van der Waals surface area contributed by atoms with Gasteiger partial charge in [0.1, 0.15) is 6.61 Å². The van der Waals surface area contributed by atoms with Crippen molar-refractivity contribution in [3.63, 3.8) is 0 Å². The molecule has 1 aliphatic heterocycles. The van der Waals surface area contributed by atoms with Gasteiger partial charge < -0.3 is 9.84 Å². The number of morpholine rings is 1. The second-order valence-electron chi connectivity index (χ2n) is 5.04. The molecule has 1 fully saturated rings. The molecule has 2 unspecified atom stereocenters. The molecule has 0 spiro atoms. The van der Waals surface area contributed by atoms with Crippen molar-refractivity contribution < 1.29 is 9.84 Å². The van der Waals surface area contributed by atoms with Crippen LogP contribution in [0.3, 0.4) is 0 Å². The molecule has 0 saturated carbocycles. The summed E-state index contributed by atoms with van der Waals surface area (Å²) in [5.41, 5.74) is 2.22. The molecule has 0 bridgehead atoms. The van der Waals surface area contributed by atoms with Gasteiger partial charge in [0.15, 0.2) is 0 Å². The fourth-order valence-corrected chi connectivity index (χ4v) is 2.33. The van der Waals surface area contributed by atoms with E-state index < -0.39 is 0 Å². The number of hydrogen-bond acceptors (Lipinski definition) is 3. The van der Waals surface area contributed by atoms with Crippen molar-refractivity contribution in [1.82, 2.24) is 4.90 Å². The first-order valence-electron chi connectivity index (χ1n) is 6.74. The summed E-state index contributed by atoms with van der Waals surface area (Å²) in [6.45, 7) is 6.81. The quantitative estimate of drug-likeness (QED) is 0.820. The Bertz CT molecular complexity index is 475. The summed E-state index contributed by atoms with van der Waals surface area (Å²) >= 11 is 0. The second kappa shape index (κ2) is 6.72. The third-order valence-electron chi connectivity index (χ3n) is 3.43. The highest BCUT2D eigenvalue weighted by Gasteiger charge is 2.23. The zero-order valence-electron chi connectivity index (χ0n) is 11.6. The number of ether oxygens (including phenoxy) is 1. The van der Waals surface area contributed by atoms with Crippen LogP contribution in [-0.2, 0) is 11.3 Å². The minimum atomic E-state index is -0.0979. The van der Waals surface area contributed by atoms with Crippen molar-refractivity contribution in [2.75, 3.05) is 19.8 Å². The third-order valence-corrected chi connectivity index (χ3v) is 3.43. The highest BCUT2D eigenvalue weighted by molar-refractivity contribution is 5.41. The Balaban J connectivity index is 2.13. The smallest absolute Gasteiger partial charge is 0.104 e. The molecule has 3 nitrogen and oxygen atoms in total. The summed E-state index contributed by atoms with van der Waals surface area (Å²) in [7, 11) is 0. The first-order chi connectivity index (χ1) is 9.20. The molecule has 0 radical (unpaired) electrons. The lowest BCUT2D eigenvalue weighted by molar-refractivity contribution is -0.0526. The van der Waals surface area contributed by atoms with Crippen LogP contribution in [0, 0.1) is 11.8 Å². The lowest BCUT2D eigenvalue weighted by Crippen LogP contribution is -2.46. The average molecular weight is 259 g/mol. The zero-order valence-corrected chi connectivity index (χ0v) is 11.6. The van der Waals surface area contributed by atoms with Crippen molar-refractivity contribution in [1.29, 1.82) is 0 Å². The summed E-state index contributed by atoms with van der Waals surface area (Å²) in [6, 6.07) is 8.56. The molecule has 1 aromatic carbocycles. The largest absolute Gasteiger partial charge is 0.384 e. The van der Waals surface area contributed by atoms with E-state index in [0.29, 0.717) is 6.04 Å². The van der Waals surface area contributed by atoms with Gasteiger partial charge in [0.05, 0.1) is 12.7 Å². The predicted molar refractivity (Wildman–Crippen MR) is 75.7 cm³/mol. The van der Waals surface area contributed by atoms with E-state index in [9.17, 15) is 0 Å². The van der Waals surface area contributed by atoms with Crippen LogP contribution >= 0.6 is 0 Å². The standard InChI is InChI=1S/C16H21NO2/c1-13-12-19-14(2)10-17(13)11-16-7-4-3-6-15(16)8-5-9-18/h3-4,6-7,13-14,18H,9-12H2,1-2H3. The molecule has 102 valence electrons. The lowest BCUT2D eigenvalue weighted by Gasteiger charge is -2.37. The van der Waals surface area contributed by atoms with Crippen LogP contribution in [0.1, 0.15) is 25.0 Å². The Morgan fingerprint density at radius 3 is 2.95 bits per heavy atom. The van der Waals surface area contributed by atoms with Gasteiger partial charge in [-0.25, -0.2) is 0 Å². The number of nitrogens with zero attached hydrogens (tertiary/aromatic N) is 1. The molecule has 2 rings (SSSR count). The Labute approximate surface area is 115 Å². The first kappa shape index (κ1) is 14.1. The normalized spacial score (nSPS) is 23.7. The Morgan fingerprint density at radius 2 is 2.16 bits per heavy atom. The maximum absolute atomic E-state index is 8.82. The molecule has 3 heteroatoms. The van der Waals surface area contributed by atoms with E-state index in [4.69, 9.17) is 9.84 Å². The van der Waals surface area contributed by atoms with Gasteiger partial charge in [0.2, 0.25) is 0 Å². The topological polar surface area (TPSA) is 32.7 Å². The van der Waals surface area contributed by atoms with E-state index >= 15 is 0 Å². The molecule has 0 aliphatic carbocycles.